The molecule has 5 aliphatic rings. The number of carboxylic acids is 1. The number of hydrogen-bond donors (Lipinski definition) is 2. The number of imidazole rings is 2. The van der Waals surface area contributed by atoms with Crippen molar-refractivity contribution in [3.63, 3.8) is 0 Å². The number of benzene rings is 2. The summed E-state index contributed by atoms with van der Waals surface area (Å²) >= 11 is 0. The lowest BCUT2D eigenvalue weighted by Crippen LogP contribution is -2.51. The molecule has 42 heavy (non-hydrogen) atoms. The maximum Gasteiger partial charge on any atom is 0.337 e. The molecule has 5 aliphatic carbocycles. The third-order valence-electron chi connectivity index (χ3n) is 10.7. The SMILES string of the molecule is O=C(O)c1cccc2[nH]c(-c3nc(C4CCCCC4)n(Cc4ccccc4)c3COC34CC5CC(CC(C5)C3)C4)nc12. The van der Waals surface area contributed by atoms with Crippen LogP contribution in [0.15, 0.2) is 48.5 Å². The normalized spacial score (nSPS) is 27.2. The summed E-state index contributed by atoms with van der Waals surface area (Å²) in [6.07, 6.45) is 13.7. The van der Waals surface area contributed by atoms with E-state index in [-0.39, 0.29) is 11.2 Å². The molecule has 5 fully saturated rings. The van der Waals surface area contributed by atoms with Gasteiger partial charge in [-0.2, -0.15) is 0 Å². The van der Waals surface area contributed by atoms with Gasteiger partial charge in [0.25, 0.3) is 0 Å². The van der Waals surface area contributed by atoms with Crippen LogP contribution >= 0.6 is 0 Å². The number of para-hydroxylation sites is 1. The number of aromatic carboxylic acids is 1. The van der Waals surface area contributed by atoms with E-state index in [2.05, 4.69) is 39.9 Å². The minimum Gasteiger partial charge on any atom is -0.478 e. The lowest BCUT2D eigenvalue weighted by Gasteiger charge is -2.56. The van der Waals surface area contributed by atoms with Gasteiger partial charge in [0.05, 0.1) is 29.0 Å². The fraction of sp³-hybridized carbons (Fsp3) is 0.514. The lowest BCUT2D eigenvalue weighted by atomic mass is 9.54. The second kappa shape index (κ2) is 10.4. The molecule has 4 bridgehead atoms. The Kier molecular flexibility index (Phi) is 6.47. The highest BCUT2D eigenvalue weighted by Gasteiger charge is 2.52. The Morgan fingerprint density at radius 2 is 1.64 bits per heavy atom. The van der Waals surface area contributed by atoms with Gasteiger partial charge in [0.2, 0.25) is 0 Å². The van der Waals surface area contributed by atoms with Crippen LogP contribution in [0.5, 0.6) is 0 Å². The highest BCUT2D eigenvalue weighted by Crippen LogP contribution is 2.57. The van der Waals surface area contributed by atoms with Crippen LogP contribution in [-0.4, -0.2) is 36.2 Å². The van der Waals surface area contributed by atoms with Gasteiger partial charge in [-0.3, -0.25) is 0 Å². The van der Waals surface area contributed by atoms with E-state index in [1.165, 1.54) is 63.4 Å². The molecular formula is C35H40N4O3. The van der Waals surface area contributed by atoms with Crippen molar-refractivity contribution in [3.05, 3.63) is 71.2 Å². The second-order valence-electron chi connectivity index (χ2n) is 13.7. The highest BCUT2D eigenvalue weighted by molar-refractivity contribution is 6.01. The molecule has 0 radical (unpaired) electrons. The van der Waals surface area contributed by atoms with E-state index in [1.807, 2.05) is 6.07 Å². The zero-order chi connectivity index (χ0) is 28.3. The van der Waals surface area contributed by atoms with Crippen LogP contribution in [0.2, 0.25) is 0 Å². The van der Waals surface area contributed by atoms with Gasteiger partial charge < -0.3 is 19.4 Å². The standard InChI is InChI=1S/C35H40N4O3/c40-34(41)27-12-7-13-28-30(27)37-32(36-28)31-29(21-42-35-17-23-14-24(18-35)16-25(15-23)19-35)39(20-22-8-3-1-4-9-22)33(38-31)26-10-5-2-6-11-26/h1,3-4,7-9,12-13,23-26H,2,5-6,10-11,14-21H2,(H,36,37)(H,40,41). The number of ether oxygens (including phenoxy) is 1. The van der Waals surface area contributed by atoms with Crippen LogP contribution in [0, 0.1) is 17.8 Å². The van der Waals surface area contributed by atoms with Crippen LogP contribution in [0.1, 0.15) is 104 Å². The van der Waals surface area contributed by atoms with E-state index in [0.29, 0.717) is 23.9 Å². The number of carboxylic acid groups (broad SMARTS) is 1. The van der Waals surface area contributed by atoms with Crippen LogP contribution in [-0.2, 0) is 17.9 Å². The van der Waals surface area contributed by atoms with Crippen molar-refractivity contribution in [1.82, 2.24) is 19.5 Å². The zero-order valence-corrected chi connectivity index (χ0v) is 24.2. The molecule has 5 saturated carbocycles. The number of rotatable bonds is 8. The van der Waals surface area contributed by atoms with Crippen molar-refractivity contribution >= 4 is 17.0 Å². The maximum atomic E-state index is 12.0. The topological polar surface area (TPSA) is 93.0 Å². The first-order valence-corrected chi connectivity index (χ1v) is 16.0. The Labute approximate surface area is 246 Å². The van der Waals surface area contributed by atoms with Crippen LogP contribution in [0.25, 0.3) is 22.6 Å². The van der Waals surface area contributed by atoms with Gasteiger partial charge in [0, 0.05) is 12.5 Å². The number of hydrogen-bond acceptors (Lipinski definition) is 4. The summed E-state index contributed by atoms with van der Waals surface area (Å²) in [5, 5.41) is 9.84. The molecule has 0 aliphatic heterocycles. The van der Waals surface area contributed by atoms with E-state index in [9.17, 15) is 9.90 Å². The molecular weight excluding hydrogens is 524 g/mol. The smallest absolute Gasteiger partial charge is 0.337 e. The molecule has 2 N–H and O–H groups in total. The molecule has 0 atom stereocenters. The largest absolute Gasteiger partial charge is 0.478 e. The Bertz CT molecular complexity index is 1580. The molecule has 7 heteroatoms. The van der Waals surface area contributed by atoms with Crippen molar-refractivity contribution in [2.45, 2.75) is 95.3 Å². The average molecular weight is 565 g/mol. The first-order valence-electron chi connectivity index (χ1n) is 16.0. The van der Waals surface area contributed by atoms with Gasteiger partial charge in [-0.05, 0) is 86.8 Å². The van der Waals surface area contributed by atoms with Crippen LogP contribution in [0.3, 0.4) is 0 Å². The van der Waals surface area contributed by atoms with E-state index >= 15 is 0 Å². The molecule has 0 saturated heterocycles. The van der Waals surface area contributed by atoms with Gasteiger partial charge in [0.1, 0.15) is 17.0 Å². The highest BCUT2D eigenvalue weighted by atomic mass is 16.5. The number of aromatic amines is 1. The molecule has 7 nitrogen and oxygen atoms in total. The first-order chi connectivity index (χ1) is 20.5. The third-order valence-corrected chi connectivity index (χ3v) is 10.7. The maximum absolute atomic E-state index is 12.0. The molecule has 2 heterocycles. The average Bonchev–Trinajstić information content (AvgIpc) is 3.58. The van der Waals surface area contributed by atoms with Crippen molar-refractivity contribution in [1.29, 1.82) is 0 Å². The Balaban J connectivity index is 1.25. The molecule has 0 spiro atoms. The Morgan fingerprint density at radius 3 is 2.33 bits per heavy atom. The molecule has 9 rings (SSSR count). The number of aromatic nitrogens is 4. The predicted molar refractivity (Wildman–Crippen MR) is 161 cm³/mol. The van der Waals surface area contributed by atoms with E-state index in [1.54, 1.807) is 12.1 Å². The van der Waals surface area contributed by atoms with Gasteiger partial charge in [0.15, 0.2) is 5.82 Å². The minimum atomic E-state index is -0.971. The molecule has 0 amide bonds. The summed E-state index contributed by atoms with van der Waals surface area (Å²) < 4.78 is 9.53. The van der Waals surface area contributed by atoms with Crippen LogP contribution in [0.4, 0.5) is 0 Å². The number of fused-ring (bicyclic) bond motifs is 1. The first kappa shape index (κ1) is 26.2. The number of nitrogens with zero attached hydrogens (tertiary/aromatic N) is 3. The summed E-state index contributed by atoms with van der Waals surface area (Å²) in [5.74, 6) is 3.62. The van der Waals surface area contributed by atoms with E-state index in [0.717, 1.165) is 59.9 Å². The van der Waals surface area contributed by atoms with E-state index in [4.69, 9.17) is 14.7 Å². The second-order valence-corrected chi connectivity index (χ2v) is 13.7. The van der Waals surface area contributed by atoms with Crippen molar-refractivity contribution in [2.75, 3.05) is 0 Å². The van der Waals surface area contributed by atoms with Gasteiger partial charge in [-0.15, -0.1) is 0 Å². The fourth-order valence-corrected chi connectivity index (χ4v) is 9.20. The van der Waals surface area contributed by atoms with Crippen molar-refractivity contribution in [2.24, 2.45) is 17.8 Å². The number of carbonyl (C=O) groups is 1. The molecule has 218 valence electrons. The summed E-state index contributed by atoms with van der Waals surface area (Å²) in [7, 11) is 0. The fourth-order valence-electron chi connectivity index (χ4n) is 9.20. The lowest BCUT2D eigenvalue weighted by molar-refractivity contribution is -0.169. The third kappa shape index (κ3) is 4.66. The van der Waals surface area contributed by atoms with Crippen molar-refractivity contribution in [3.8, 4) is 11.5 Å². The molecule has 2 aromatic carbocycles. The van der Waals surface area contributed by atoms with Crippen LogP contribution < -0.4 is 0 Å². The summed E-state index contributed by atoms with van der Waals surface area (Å²) in [4.78, 5) is 25.7. The molecule has 2 aromatic heterocycles. The Hall–Kier alpha value is -3.45. The Morgan fingerprint density at radius 1 is 0.929 bits per heavy atom. The van der Waals surface area contributed by atoms with Crippen molar-refractivity contribution < 1.29 is 14.6 Å². The number of H-pyrrole nitrogens is 1. The van der Waals surface area contributed by atoms with Gasteiger partial charge in [-0.25, -0.2) is 14.8 Å². The number of nitrogens with one attached hydrogen (secondary N) is 1. The van der Waals surface area contributed by atoms with Gasteiger partial charge >= 0.3 is 5.97 Å². The van der Waals surface area contributed by atoms with E-state index < -0.39 is 5.97 Å². The summed E-state index contributed by atoms with van der Waals surface area (Å²) in [6, 6.07) is 15.9. The zero-order valence-electron chi connectivity index (χ0n) is 24.2. The minimum absolute atomic E-state index is 0.0246. The predicted octanol–water partition coefficient (Wildman–Crippen LogP) is 7.71. The molecule has 0 unspecified atom stereocenters. The monoisotopic (exact) mass is 564 g/mol. The quantitative estimate of drug-likeness (QED) is 0.229. The molecule has 4 aromatic rings. The summed E-state index contributed by atoms with van der Waals surface area (Å²) in [6.45, 7) is 1.23. The van der Waals surface area contributed by atoms with Gasteiger partial charge in [-0.1, -0.05) is 55.7 Å². The summed E-state index contributed by atoms with van der Waals surface area (Å²) in [5.41, 5.74) is 4.49.